The fraction of sp³-hybridized carbons (Fsp3) is 0.200. The number of nitrogens with one attached hydrogen (secondary N) is 1. The van der Waals surface area contributed by atoms with E-state index in [1.165, 1.54) is 0 Å². The van der Waals surface area contributed by atoms with Crippen LogP contribution in [-0.2, 0) is 6.54 Å². The molecule has 0 saturated heterocycles. The van der Waals surface area contributed by atoms with Gasteiger partial charge in [-0.25, -0.2) is 4.98 Å². The number of nitriles is 1. The second kappa shape index (κ2) is 5.87. The van der Waals surface area contributed by atoms with Crippen LogP contribution < -0.4 is 10.2 Å². The topological polar surface area (TPSA) is 52.0 Å². The lowest BCUT2D eigenvalue weighted by molar-refractivity contribution is 1.05. The normalized spacial score (nSPS) is 9.74. The van der Waals surface area contributed by atoms with Crippen molar-refractivity contribution >= 4 is 11.5 Å². The quantitative estimate of drug-likeness (QED) is 0.908. The van der Waals surface area contributed by atoms with Gasteiger partial charge in [-0.2, -0.15) is 5.26 Å². The number of benzene rings is 1. The summed E-state index contributed by atoms with van der Waals surface area (Å²) < 4.78 is 0. The molecule has 0 bridgehead atoms. The molecule has 0 radical (unpaired) electrons. The largest absolute Gasteiger partial charge is 0.378 e. The zero-order valence-corrected chi connectivity index (χ0v) is 11.1. The molecule has 19 heavy (non-hydrogen) atoms. The SMILES string of the molecule is CN(C)c1ncccc1NCc1cccc(C#N)c1. The molecule has 0 saturated carbocycles. The minimum absolute atomic E-state index is 0.669. The first kappa shape index (κ1) is 12.9. The first-order valence-corrected chi connectivity index (χ1v) is 6.06. The molecule has 0 aliphatic heterocycles. The van der Waals surface area contributed by atoms with Gasteiger partial charge in [0.15, 0.2) is 5.82 Å². The highest BCUT2D eigenvalue weighted by Crippen LogP contribution is 2.21. The van der Waals surface area contributed by atoms with Crippen LogP contribution in [0.1, 0.15) is 11.1 Å². The van der Waals surface area contributed by atoms with E-state index in [9.17, 15) is 0 Å². The molecule has 0 atom stereocenters. The van der Waals surface area contributed by atoms with Gasteiger partial charge >= 0.3 is 0 Å². The van der Waals surface area contributed by atoms with E-state index >= 15 is 0 Å². The van der Waals surface area contributed by atoms with Crippen LogP contribution in [0, 0.1) is 11.3 Å². The maximum absolute atomic E-state index is 8.88. The minimum atomic E-state index is 0.669. The molecule has 1 aromatic heterocycles. The maximum Gasteiger partial charge on any atom is 0.151 e. The van der Waals surface area contributed by atoms with E-state index in [1.54, 1.807) is 12.3 Å². The smallest absolute Gasteiger partial charge is 0.151 e. The Labute approximate surface area is 113 Å². The van der Waals surface area contributed by atoms with Gasteiger partial charge in [-0.15, -0.1) is 0 Å². The lowest BCUT2D eigenvalue weighted by Gasteiger charge is -2.16. The van der Waals surface area contributed by atoms with Crippen LogP contribution >= 0.6 is 0 Å². The maximum atomic E-state index is 8.88. The van der Waals surface area contributed by atoms with Crippen molar-refractivity contribution < 1.29 is 0 Å². The third-order valence-corrected chi connectivity index (χ3v) is 2.75. The van der Waals surface area contributed by atoms with Crippen molar-refractivity contribution in [2.45, 2.75) is 6.54 Å². The van der Waals surface area contributed by atoms with Crippen LogP contribution in [0.15, 0.2) is 42.6 Å². The average Bonchev–Trinajstić information content (AvgIpc) is 2.45. The summed E-state index contributed by atoms with van der Waals surface area (Å²) in [5.41, 5.74) is 2.74. The van der Waals surface area contributed by atoms with Crippen LogP contribution in [-0.4, -0.2) is 19.1 Å². The summed E-state index contributed by atoms with van der Waals surface area (Å²) in [4.78, 5) is 6.30. The minimum Gasteiger partial charge on any atom is -0.378 e. The summed E-state index contributed by atoms with van der Waals surface area (Å²) in [5.74, 6) is 0.902. The second-order valence-corrected chi connectivity index (χ2v) is 4.43. The van der Waals surface area contributed by atoms with E-state index in [1.807, 2.05) is 49.3 Å². The van der Waals surface area contributed by atoms with Crippen LogP contribution in [0.25, 0.3) is 0 Å². The Bertz CT molecular complexity index is 599. The first-order chi connectivity index (χ1) is 9.20. The highest BCUT2D eigenvalue weighted by atomic mass is 15.2. The molecule has 1 aromatic carbocycles. The fourth-order valence-electron chi connectivity index (χ4n) is 1.84. The van der Waals surface area contributed by atoms with Gasteiger partial charge in [0.25, 0.3) is 0 Å². The Morgan fingerprint density at radius 3 is 2.84 bits per heavy atom. The Balaban J connectivity index is 2.12. The van der Waals surface area contributed by atoms with Crippen molar-refractivity contribution in [3.8, 4) is 6.07 Å². The Morgan fingerprint density at radius 1 is 1.26 bits per heavy atom. The van der Waals surface area contributed by atoms with Gasteiger partial charge in [-0.3, -0.25) is 0 Å². The van der Waals surface area contributed by atoms with Gasteiger partial charge in [0.05, 0.1) is 17.3 Å². The molecular formula is C15H16N4. The molecule has 1 N–H and O–H groups in total. The van der Waals surface area contributed by atoms with E-state index in [0.29, 0.717) is 12.1 Å². The molecule has 1 heterocycles. The van der Waals surface area contributed by atoms with Gasteiger partial charge in [0, 0.05) is 26.8 Å². The number of hydrogen-bond donors (Lipinski definition) is 1. The lowest BCUT2D eigenvalue weighted by atomic mass is 10.1. The van der Waals surface area contributed by atoms with Crippen molar-refractivity contribution in [2.75, 3.05) is 24.3 Å². The van der Waals surface area contributed by atoms with Gasteiger partial charge in [-0.05, 0) is 29.8 Å². The predicted octanol–water partition coefficient (Wildman–Crippen LogP) is 2.63. The lowest BCUT2D eigenvalue weighted by Crippen LogP contribution is -2.13. The number of nitrogens with zero attached hydrogens (tertiary/aromatic N) is 3. The van der Waals surface area contributed by atoms with Gasteiger partial charge in [-0.1, -0.05) is 12.1 Å². The van der Waals surface area contributed by atoms with E-state index < -0.39 is 0 Å². The predicted molar refractivity (Wildman–Crippen MR) is 77.0 cm³/mol. The summed E-state index contributed by atoms with van der Waals surface area (Å²) in [6, 6.07) is 13.6. The monoisotopic (exact) mass is 252 g/mol. The Hall–Kier alpha value is -2.54. The average molecular weight is 252 g/mol. The molecule has 4 nitrogen and oxygen atoms in total. The van der Waals surface area contributed by atoms with Crippen molar-refractivity contribution in [1.29, 1.82) is 5.26 Å². The summed E-state index contributed by atoms with van der Waals surface area (Å²) in [5, 5.41) is 12.2. The van der Waals surface area contributed by atoms with Crippen LogP contribution in [0.5, 0.6) is 0 Å². The number of pyridine rings is 1. The van der Waals surface area contributed by atoms with Crippen molar-refractivity contribution in [1.82, 2.24) is 4.98 Å². The van der Waals surface area contributed by atoms with Gasteiger partial charge in [0.2, 0.25) is 0 Å². The molecule has 2 aromatic rings. The van der Waals surface area contributed by atoms with Gasteiger partial charge in [0.1, 0.15) is 0 Å². The third kappa shape index (κ3) is 3.23. The summed E-state index contributed by atoms with van der Waals surface area (Å²) in [6.45, 7) is 0.669. The summed E-state index contributed by atoms with van der Waals surface area (Å²) in [7, 11) is 3.92. The fourth-order valence-corrected chi connectivity index (χ4v) is 1.84. The molecular weight excluding hydrogens is 236 g/mol. The Morgan fingerprint density at radius 2 is 2.11 bits per heavy atom. The summed E-state index contributed by atoms with van der Waals surface area (Å²) in [6.07, 6.45) is 1.77. The molecule has 0 fully saturated rings. The van der Waals surface area contributed by atoms with Crippen LogP contribution in [0.3, 0.4) is 0 Å². The molecule has 0 aliphatic rings. The molecule has 2 rings (SSSR count). The molecule has 4 heteroatoms. The molecule has 0 aliphatic carbocycles. The van der Waals surface area contributed by atoms with Crippen molar-refractivity contribution in [2.24, 2.45) is 0 Å². The van der Waals surface area contributed by atoms with E-state index in [0.717, 1.165) is 17.1 Å². The number of hydrogen-bond acceptors (Lipinski definition) is 4. The summed E-state index contributed by atoms with van der Waals surface area (Å²) >= 11 is 0. The highest BCUT2D eigenvalue weighted by Gasteiger charge is 2.04. The highest BCUT2D eigenvalue weighted by molar-refractivity contribution is 5.64. The molecule has 0 spiro atoms. The Kier molecular flexibility index (Phi) is 3.99. The molecule has 96 valence electrons. The van der Waals surface area contributed by atoms with E-state index in [2.05, 4.69) is 16.4 Å². The van der Waals surface area contributed by atoms with Crippen LogP contribution in [0.2, 0.25) is 0 Å². The van der Waals surface area contributed by atoms with E-state index in [4.69, 9.17) is 5.26 Å². The number of anilines is 2. The molecule has 0 unspecified atom stereocenters. The molecule has 0 amide bonds. The second-order valence-electron chi connectivity index (χ2n) is 4.43. The van der Waals surface area contributed by atoms with Gasteiger partial charge < -0.3 is 10.2 Å². The first-order valence-electron chi connectivity index (χ1n) is 6.06. The standard InChI is InChI=1S/C15H16N4/c1-19(2)15-14(7-4-8-17-15)18-11-13-6-3-5-12(9-13)10-16/h3-9,18H,11H2,1-2H3. The van der Waals surface area contributed by atoms with Crippen molar-refractivity contribution in [3.63, 3.8) is 0 Å². The third-order valence-electron chi connectivity index (χ3n) is 2.75. The zero-order valence-electron chi connectivity index (χ0n) is 11.1. The number of aromatic nitrogens is 1. The van der Waals surface area contributed by atoms with E-state index in [-0.39, 0.29) is 0 Å². The van der Waals surface area contributed by atoms with Crippen LogP contribution in [0.4, 0.5) is 11.5 Å². The van der Waals surface area contributed by atoms with Crippen molar-refractivity contribution in [3.05, 3.63) is 53.7 Å². The number of rotatable bonds is 4. The zero-order chi connectivity index (χ0) is 13.7.